The van der Waals surface area contributed by atoms with Gasteiger partial charge >= 0.3 is 0 Å². The van der Waals surface area contributed by atoms with Gasteiger partial charge < -0.3 is 15.2 Å². The number of anilines is 1. The molecule has 0 bridgehead atoms. The van der Waals surface area contributed by atoms with E-state index in [1.807, 2.05) is 6.92 Å². The zero-order chi connectivity index (χ0) is 15.2. The molecule has 21 heavy (non-hydrogen) atoms. The number of benzene rings is 2. The first kappa shape index (κ1) is 15.6. The Kier molecular flexibility index (Phi) is 5.42. The van der Waals surface area contributed by atoms with Crippen LogP contribution in [0.1, 0.15) is 5.56 Å². The molecule has 0 aromatic heterocycles. The van der Waals surface area contributed by atoms with Crippen LogP contribution in [-0.2, 0) is 0 Å². The molecule has 3 nitrogen and oxygen atoms in total. The van der Waals surface area contributed by atoms with Crippen LogP contribution in [0.5, 0.6) is 5.75 Å². The highest BCUT2D eigenvalue weighted by Crippen LogP contribution is 2.18. The maximum absolute atomic E-state index is 13.6. The molecule has 0 radical (unpaired) electrons. The van der Waals surface area contributed by atoms with Gasteiger partial charge in [-0.05, 0) is 42.8 Å². The summed E-state index contributed by atoms with van der Waals surface area (Å²) in [6.07, 6.45) is -0.760. The summed E-state index contributed by atoms with van der Waals surface area (Å²) in [6, 6.07) is 11.8. The topological polar surface area (TPSA) is 41.5 Å². The van der Waals surface area contributed by atoms with Crippen molar-refractivity contribution in [3.05, 3.63) is 58.9 Å². The van der Waals surface area contributed by atoms with E-state index in [1.54, 1.807) is 36.4 Å². The molecule has 0 amide bonds. The summed E-state index contributed by atoms with van der Waals surface area (Å²) in [5.74, 6) is 0.251. The Labute approximate surface area is 128 Å². The average molecular weight is 310 g/mol. The van der Waals surface area contributed by atoms with Gasteiger partial charge in [0.2, 0.25) is 0 Å². The van der Waals surface area contributed by atoms with E-state index in [-0.39, 0.29) is 19.0 Å². The molecule has 2 N–H and O–H groups in total. The van der Waals surface area contributed by atoms with Gasteiger partial charge in [0.15, 0.2) is 0 Å². The van der Waals surface area contributed by atoms with Gasteiger partial charge in [-0.1, -0.05) is 23.7 Å². The molecule has 0 aliphatic heterocycles. The van der Waals surface area contributed by atoms with Gasteiger partial charge in [-0.25, -0.2) is 4.39 Å². The van der Waals surface area contributed by atoms with Crippen LogP contribution in [0.25, 0.3) is 0 Å². The molecule has 0 aliphatic rings. The van der Waals surface area contributed by atoms with E-state index in [0.717, 1.165) is 5.56 Å². The van der Waals surface area contributed by atoms with Crippen molar-refractivity contribution in [2.24, 2.45) is 0 Å². The van der Waals surface area contributed by atoms with Crippen molar-refractivity contribution >= 4 is 17.3 Å². The standard InChI is InChI=1S/C16H17ClFNO2/c1-11-5-6-16(15(18)7-11)19-9-13(20)10-21-14-4-2-3-12(17)8-14/h2-8,13,19-20H,9-10H2,1H3. The monoisotopic (exact) mass is 309 g/mol. The molecule has 1 unspecified atom stereocenters. The number of ether oxygens (including phenoxy) is 1. The minimum Gasteiger partial charge on any atom is -0.491 e. The van der Waals surface area contributed by atoms with Gasteiger partial charge in [-0.3, -0.25) is 0 Å². The number of hydrogen-bond donors (Lipinski definition) is 2. The maximum Gasteiger partial charge on any atom is 0.146 e. The van der Waals surface area contributed by atoms with Gasteiger partial charge in [0.05, 0.1) is 5.69 Å². The molecule has 0 aliphatic carbocycles. The SMILES string of the molecule is Cc1ccc(NCC(O)COc2cccc(Cl)c2)c(F)c1. The highest BCUT2D eigenvalue weighted by atomic mass is 35.5. The first-order chi connectivity index (χ1) is 10.0. The van der Waals surface area contributed by atoms with E-state index in [2.05, 4.69) is 5.32 Å². The lowest BCUT2D eigenvalue weighted by molar-refractivity contribution is 0.117. The lowest BCUT2D eigenvalue weighted by Crippen LogP contribution is -2.26. The molecule has 5 heteroatoms. The largest absolute Gasteiger partial charge is 0.491 e. The molecule has 0 spiro atoms. The van der Waals surface area contributed by atoms with E-state index >= 15 is 0 Å². The summed E-state index contributed by atoms with van der Waals surface area (Å²) in [6.45, 7) is 2.11. The molecule has 2 aromatic rings. The molecular weight excluding hydrogens is 293 g/mol. The van der Waals surface area contributed by atoms with Crippen LogP contribution < -0.4 is 10.1 Å². The second-order valence-electron chi connectivity index (χ2n) is 4.79. The number of aryl methyl sites for hydroxylation is 1. The van der Waals surface area contributed by atoms with E-state index in [0.29, 0.717) is 16.5 Å². The van der Waals surface area contributed by atoms with Gasteiger partial charge in [-0.2, -0.15) is 0 Å². The van der Waals surface area contributed by atoms with Crippen LogP contribution >= 0.6 is 11.6 Å². The summed E-state index contributed by atoms with van der Waals surface area (Å²) >= 11 is 5.84. The zero-order valence-electron chi connectivity index (χ0n) is 11.6. The fourth-order valence-corrected chi connectivity index (χ4v) is 1.98. The van der Waals surface area contributed by atoms with E-state index in [9.17, 15) is 9.50 Å². The van der Waals surface area contributed by atoms with Crippen molar-refractivity contribution in [1.29, 1.82) is 0 Å². The summed E-state index contributed by atoms with van der Waals surface area (Å²) in [7, 11) is 0. The number of aliphatic hydroxyl groups excluding tert-OH is 1. The van der Waals surface area contributed by atoms with E-state index in [4.69, 9.17) is 16.3 Å². The van der Waals surface area contributed by atoms with Crippen LogP contribution in [0.15, 0.2) is 42.5 Å². The summed E-state index contributed by atoms with van der Waals surface area (Å²) in [4.78, 5) is 0. The van der Waals surface area contributed by atoms with Crippen LogP contribution in [0.3, 0.4) is 0 Å². The molecule has 2 rings (SSSR count). The summed E-state index contributed by atoms with van der Waals surface area (Å²) in [5.41, 5.74) is 1.21. The van der Waals surface area contributed by atoms with Crippen LogP contribution in [-0.4, -0.2) is 24.4 Å². The Bertz CT molecular complexity index is 607. The smallest absolute Gasteiger partial charge is 0.146 e. The second-order valence-corrected chi connectivity index (χ2v) is 5.22. The fourth-order valence-electron chi connectivity index (χ4n) is 1.80. The number of aliphatic hydroxyl groups is 1. The maximum atomic E-state index is 13.6. The molecule has 1 atom stereocenters. The zero-order valence-corrected chi connectivity index (χ0v) is 12.4. The van der Waals surface area contributed by atoms with Crippen molar-refractivity contribution in [1.82, 2.24) is 0 Å². The number of halogens is 2. The predicted molar refractivity (Wildman–Crippen MR) is 82.6 cm³/mol. The third-order valence-corrected chi connectivity index (χ3v) is 3.13. The first-order valence-corrected chi connectivity index (χ1v) is 6.99. The lowest BCUT2D eigenvalue weighted by atomic mass is 10.2. The van der Waals surface area contributed by atoms with Crippen molar-refractivity contribution < 1.29 is 14.2 Å². The van der Waals surface area contributed by atoms with Gasteiger partial charge in [0, 0.05) is 11.6 Å². The molecular formula is C16H17ClFNO2. The predicted octanol–water partition coefficient (Wildman–Crippen LogP) is 3.64. The molecule has 112 valence electrons. The van der Waals surface area contributed by atoms with Crippen LogP contribution in [0, 0.1) is 12.7 Å². The highest BCUT2D eigenvalue weighted by molar-refractivity contribution is 6.30. The molecule has 0 fully saturated rings. The Hall–Kier alpha value is -1.78. The van der Waals surface area contributed by atoms with Crippen molar-refractivity contribution in [2.45, 2.75) is 13.0 Å². The van der Waals surface area contributed by atoms with Gasteiger partial charge in [-0.15, -0.1) is 0 Å². The molecule has 0 saturated carbocycles. The third kappa shape index (κ3) is 4.92. The lowest BCUT2D eigenvalue weighted by Gasteiger charge is -2.14. The van der Waals surface area contributed by atoms with Crippen molar-refractivity contribution in [3.63, 3.8) is 0 Å². The Morgan fingerprint density at radius 2 is 2.10 bits per heavy atom. The number of hydrogen-bond acceptors (Lipinski definition) is 3. The van der Waals surface area contributed by atoms with E-state index < -0.39 is 6.10 Å². The first-order valence-electron chi connectivity index (χ1n) is 6.61. The molecule has 2 aromatic carbocycles. The minimum atomic E-state index is -0.760. The Balaban J connectivity index is 1.80. The summed E-state index contributed by atoms with van der Waals surface area (Å²) in [5, 5.41) is 13.3. The minimum absolute atomic E-state index is 0.0980. The highest BCUT2D eigenvalue weighted by Gasteiger charge is 2.08. The van der Waals surface area contributed by atoms with Crippen molar-refractivity contribution in [3.8, 4) is 5.75 Å². The normalized spacial score (nSPS) is 12.0. The second kappa shape index (κ2) is 7.29. The number of nitrogens with one attached hydrogen (secondary N) is 1. The summed E-state index contributed by atoms with van der Waals surface area (Å²) < 4.78 is 19.0. The van der Waals surface area contributed by atoms with E-state index in [1.165, 1.54) is 6.07 Å². The molecule has 0 saturated heterocycles. The van der Waals surface area contributed by atoms with Crippen LogP contribution in [0.4, 0.5) is 10.1 Å². The Morgan fingerprint density at radius 1 is 1.29 bits per heavy atom. The third-order valence-electron chi connectivity index (χ3n) is 2.89. The van der Waals surface area contributed by atoms with Crippen molar-refractivity contribution in [2.75, 3.05) is 18.5 Å². The van der Waals surface area contributed by atoms with Gasteiger partial charge in [0.25, 0.3) is 0 Å². The fraction of sp³-hybridized carbons (Fsp3) is 0.250. The Morgan fingerprint density at radius 3 is 2.81 bits per heavy atom. The molecule has 0 heterocycles. The average Bonchev–Trinajstić information content (AvgIpc) is 2.44. The number of rotatable bonds is 6. The van der Waals surface area contributed by atoms with Crippen LogP contribution in [0.2, 0.25) is 5.02 Å². The quantitative estimate of drug-likeness (QED) is 0.856. The van der Waals surface area contributed by atoms with Gasteiger partial charge in [0.1, 0.15) is 24.3 Å².